The van der Waals surface area contributed by atoms with Gasteiger partial charge in [0.1, 0.15) is 5.82 Å². The summed E-state index contributed by atoms with van der Waals surface area (Å²) in [4.78, 5) is 12.2. The average molecular weight is 283 g/mol. The Hall–Kier alpha value is -2.16. The fraction of sp³-hybridized carbons (Fsp3) is 0.278. The Balaban J connectivity index is 1.67. The van der Waals surface area contributed by atoms with Crippen molar-refractivity contribution in [3.8, 4) is 0 Å². The van der Waals surface area contributed by atoms with Crippen molar-refractivity contribution in [2.24, 2.45) is 5.92 Å². The van der Waals surface area contributed by atoms with Gasteiger partial charge in [-0.1, -0.05) is 42.5 Å². The van der Waals surface area contributed by atoms with Crippen LogP contribution in [0.3, 0.4) is 0 Å². The van der Waals surface area contributed by atoms with Gasteiger partial charge in [-0.2, -0.15) is 0 Å². The Morgan fingerprint density at radius 1 is 1.14 bits per heavy atom. The summed E-state index contributed by atoms with van der Waals surface area (Å²) in [5.41, 5.74) is 1.85. The minimum atomic E-state index is -0.304. The molecule has 0 radical (unpaired) electrons. The van der Waals surface area contributed by atoms with Crippen LogP contribution in [0, 0.1) is 11.7 Å². The van der Waals surface area contributed by atoms with Crippen LogP contribution in [0.5, 0.6) is 0 Å². The van der Waals surface area contributed by atoms with Crippen LogP contribution in [-0.2, 0) is 11.2 Å². The zero-order valence-corrected chi connectivity index (χ0v) is 11.8. The summed E-state index contributed by atoms with van der Waals surface area (Å²) in [6.45, 7) is 0. The molecule has 1 N–H and O–H groups in total. The highest BCUT2D eigenvalue weighted by Gasteiger charge is 2.33. The number of hydrogen-bond acceptors (Lipinski definition) is 1. The summed E-state index contributed by atoms with van der Waals surface area (Å²) in [7, 11) is 0. The van der Waals surface area contributed by atoms with E-state index in [4.69, 9.17) is 0 Å². The van der Waals surface area contributed by atoms with Gasteiger partial charge in [0.25, 0.3) is 0 Å². The highest BCUT2D eigenvalue weighted by Crippen LogP contribution is 2.40. The molecule has 0 bridgehead atoms. The van der Waals surface area contributed by atoms with Gasteiger partial charge < -0.3 is 5.32 Å². The number of hydrogen-bond donors (Lipinski definition) is 1. The first-order valence-corrected chi connectivity index (χ1v) is 7.31. The molecule has 1 aliphatic carbocycles. The summed E-state index contributed by atoms with van der Waals surface area (Å²) in [5, 5.41) is 3.10. The normalized spacial score (nSPS) is 15.5. The zero-order valence-electron chi connectivity index (χ0n) is 11.8. The smallest absolute Gasteiger partial charge is 0.224 e. The van der Waals surface area contributed by atoms with Crippen molar-refractivity contribution < 1.29 is 9.18 Å². The third-order valence-corrected chi connectivity index (χ3v) is 3.82. The number of halogens is 1. The van der Waals surface area contributed by atoms with Crippen molar-refractivity contribution in [1.82, 2.24) is 5.32 Å². The maximum atomic E-state index is 13.2. The van der Waals surface area contributed by atoms with E-state index in [9.17, 15) is 9.18 Å². The van der Waals surface area contributed by atoms with Crippen LogP contribution in [0.25, 0.3) is 0 Å². The molecule has 2 nitrogen and oxygen atoms in total. The minimum Gasteiger partial charge on any atom is -0.349 e. The van der Waals surface area contributed by atoms with Crippen molar-refractivity contribution in [1.29, 1.82) is 0 Å². The lowest BCUT2D eigenvalue weighted by Gasteiger charge is -2.19. The van der Waals surface area contributed by atoms with Crippen LogP contribution in [0.15, 0.2) is 54.6 Å². The van der Waals surface area contributed by atoms with Crippen LogP contribution in [0.4, 0.5) is 4.39 Å². The first kappa shape index (κ1) is 13.8. The van der Waals surface area contributed by atoms with E-state index in [-0.39, 0.29) is 24.2 Å². The molecule has 0 aromatic heterocycles. The van der Waals surface area contributed by atoms with Gasteiger partial charge in [-0.05, 0) is 42.0 Å². The number of rotatable bonds is 5. The Morgan fingerprint density at radius 3 is 2.57 bits per heavy atom. The lowest BCUT2D eigenvalue weighted by Crippen LogP contribution is -2.31. The molecule has 1 aliphatic rings. The van der Waals surface area contributed by atoms with Gasteiger partial charge >= 0.3 is 0 Å². The van der Waals surface area contributed by atoms with Crippen molar-refractivity contribution in [3.63, 3.8) is 0 Å². The molecule has 21 heavy (non-hydrogen) atoms. The maximum absolute atomic E-state index is 13.2. The molecule has 2 aromatic carbocycles. The predicted octanol–water partition coefficient (Wildman–Crippen LogP) is 3.64. The number of benzene rings is 2. The third-order valence-electron chi connectivity index (χ3n) is 3.82. The maximum Gasteiger partial charge on any atom is 0.224 e. The molecule has 0 spiro atoms. The van der Waals surface area contributed by atoms with Gasteiger partial charge in [-0.15, -0.1) is 0 Å². The SMILES string of the molecule is O=C(Cc1cccc(F)c1)N[C@@H](c1ccccc1)C1CC1. The lowest BCUT2D eigenvalue weighted by atomic mass is 10.0. The Labute approximate surface area is 124 Å². The Kier molecular flexibility index (Phi) is 4.00. The van der Waals surface area contributed by atoms with Crippen LogP contribution in [-0.4, -0.2) is 5.91 Å². The molecule has 1 amide bonds. The molecule has 0 unspecified atom stereocenters. The minimum absolute atomic E-state index is 0.0543. The summed E-state index contributed by atoms with van der Waals surface area (Å²) in [6.07, 6.45) is 2.52. The van der Waals surface area contributed by atoms with Gasteiger partial charge in [0.2, 0.25) is 5.91 Å². The van der Waals surface area contributed by atoms with E-state index >= 15 is 0 Å². The van der Waals surface area contributed by atoms with E-state index in [0.29, 0.717) is 11.5 Å². The van der Waals surface area contributed by atoms with Crippen molar-refractivity contribution >= 4 is 5.91 Å². The predicted molar refractivity (Wildman–Crippen MR) is 80.2 cm³/mol. The molecule has 3 heteroatoms. The molecule has 1 saturated carbocycles. The zero-order chi connectivity index (χ0) is 14.7. The summed E-state index contributed by atoms with van der Waals surface area (Å²) < 4.78 is 13.2. The van der Waals surface area contributed by atoms with Gasteiger partial charge in [-0.3, -0.25) is 4.79 Å². The number of nitrogens with one attached hydrogen (secondary N) is 1. The standard InChI is InChI=1S/C18H18FNO/c19-16-8-4-5-13(11-16)12-17(21)20-18(15-9-10-15)14-6-2-1-3-7-14/h1-8,11,15,18H,9-10,12H2,(H,20,21)/t18-/m0/s1. The lowest BCUT2D eigenvalue weighted by molar-refractivity contribution is -0.121. The molecular weight excluding hydrogens is 265 g/mol. The summed E-state index contributed by atoms with van der Waals surface area (Å²) >= 11 is 0. The van der Waals surface area contributed by atoms with Crippen molar-refractivity contribution in [2.45, 2.75) is 25.3 Å². The number of amides is 1. The van der Waals surface area contributed by atoms with Crippen LogP contribution >= 0.6 is 0 Å². The van der Waals surface area contributed by atoms with Crippen molar-refractivity contribution in [3.05, 3.63) is 71.5 Å². The van der Waals surface area contributed by atoms with Crippen molar-refractivity contribution in [2.75, 3.05) is 0 Å². The average Bonchev–Trinajstić information content (AvgIpc) is 3.30. The van der Waals surface area contributed by atoms with E-state index in [1.807, 2.05) is 30.3 Å². The topological polar surface area (TPSA) is 29.1 Å². The first-order valence-electron chi connectivity index (χ1n) is 7.31. The fourth-order valence-corrected chi connectivity index (χ4v) is 2.62. The Bertz CT molecular complexity index is 622. The van der Waals surface area contributed by atoms with Gasteiger partial charge in [0.15, 0.2) is 0 Å². The van der Waals surface area contributed by atoms with E-state index in [1.54, 1.807) is 12.1 Å². The second kappa shape index (κ2) is 6.08. The van der Waals surface area contributed by atoms with E-state index in [2.05, 4.69) is 5.32 Å². The third kappa shape index (κ3) is 3.69. The van der Waals surface area contributed by atoms with Gasteiger partial charge in [0, 0.05) is 0 Å². The number of carbonyl (C=O) groups excluding carboxylic acids is 1. The quantitative estimate of drug-likeness (QED) is 0.892. The Morgan fingerprint density at radius 2 is 1.90 bits per heavy atom. The molecule has 2 aromatic rings. The highest BCUT2D eigenvalue weighted by atomic mass is 19.1. The second-order valence-electron chi connectivity index (χ2n) is 5.60. The molecule has 3 rings (SSSR count). The van der Waals surface area contributed by atoms with Gasteiger partial charge in [0.05, 0.1) is 12.5 Å². The summed E-state index contributed by atoms with van der Waals surface area (Å²) in [6, 6.07) is 16.3. The van der Waals surface area contributed by atoms with Crippen LogP contribution in [0.2, 0.25) is 0 Å². The molecule has 1 fully saturated rings. The second-order valence-corrected chi connectivity index (χ2v) is 5.60. The molecule has 0 aliphatic heterocycles. The first-order chi connectivity index (χ1) is 10.2. The molecule has 0 heterocycles. The van der Waals surface area contributed by atoms with Crippen LogP contribution < -0.4 is 5.32 Å². The molecule has 108 valence electrons. The largest absolute Gasteiger partial charge is 0.349 e. The molecule has 1 atom stereocenters. The van der Waals surface area contributed by atoms with Crippen LogP contribution in [0.1, 0.15) is 30.0 Å². The van der Waals surface area contributed by atoms with E-state index in [0.717, 1.165) is 18.4 Å². The van der Waals surface area contributed by atoms with E-state index in [1.165, 1.54) is 12.1 Å². The summed E-state index contributed by atoms with van der Waals surface area (Å²) in [5.74, 6) is 0.173. The monoisotopic (exact) mass is 283 g/mol. The fourth-order valence-electron chi connectivity index (χ4n) is 2.62. The highest BCUT2D eigenvalue weighted by molar-refractivity contribution is 5.79. The molecular formula is C18H18FNO. The number of carbonyl (C=O) groups is 1. The van der Waals surface area contributed by atoms with E-state index < -0.39 is 0 Å². The van der Waals surface area contributed by atoms with Gasteiger partial charge in [-0.25, -0.2) is 4.39 Å². The molecule has 0 saturated heterocycles.